The number of methoxy groups -OCH3 is 1. The van der Waals surface area contributed by atoms with Crippen molar-refractivity contribution in [1.29, 1.82) is 0 Å². The van der Waals surface area contributed by atoms with Crippen LogP contribution in [0.4, 0.5) is 10.1 Å². The highest BCUT2D eigenvalue weighted by Crippen LogP contribution is 2.49. The van der Waals surface area contributed by atoms with Crippen molar-refractivity contribution in [2.75, 3.05) is 12.0 Å². The molecule has 1 aromatic heterocycles. The summed E-state index contributed by atoms with van der Waals surface area (Å²) in [7, 11) is 1.42. The van der Waals surface area contributed by atoms with Crippen LogP contribution in [0.5, 0.6) is 23.0 Å². The van der Waals surface area contributed by atoms with E-state index in [1.54, 1.807) is 18.2 Å². The molecule has 2 aliphatic carbocycles. The lowest BCUT2D eigenvalue weighted by atomic mass is 10.0. The molecule has 0 unspecified atom stereocenters. The van der Waals surface area contributed by atoms with E-state index in [1.807, 2.05) is 0 Å². The number of anilines is 1. The van der Waals surface area contributed by atoms with E-state index in [2.05, 4.69) is 4.98 Å². The Kier molecular flexibility index (Phi) is 4.84. The van der Waals surface area contributed by atoms with E-state index < -0.39 is 17.1 Å². The number of hydrogen-bond acceptors (Lipinski definition) is 6. The molecule has 0 bridgehead atoms. The predicted octanol–water partition coefficient (Wildman–Crippen LogP) is 3.64. The number of rotatable bonds is 7. The van der Waals surface area contributed by atoms with E-state index in [9.17, 15) is 14.7 Å². The quantitative estimate of drug-likeness (QED) is 0.530. The summed E-state index contributed by atoms with van der Waals surface area (Å²) in [6, 6.07) is 8.79. The van der Waals surface area contributed by atoms with Gasteiger partial charge in [-0.05, 0) is 49.9 Å². The lowest BCUT2D eigenvalue weighted by Crippen LogP contribution is -2.44. The Labute approximate surface area is 188 Å². The maximum Gasteiger partial charge on any atom is 0.242 e. The highest BCUT2D eigenvalue weighted by atomic mass is 19.1. The Morgan fingerprint density at radius 1 is 1.15 bits per heavy atom. The fourth-order valence-corrected chi connectivity index (χ4v) is 3.98. The fourth-order valence-electron chi connectivity index (χ4n) is 3.98. The van der Waals surface area contributed by atoms with Gasteiger partial charge in [-0.2, -0.15) is 0 Å². The Bertz CT molecular complexity index is 1290. The van der Waals surface area contributed by atoms with Gasteiger partial charge < -0.3 is 25.2 Å². The molecule has 33 heavy (non-hydrogen) atoms. The molecule has 1 heterocycles. The fraction of sp³-hybridized carbons (Fsp3) is 0.292. The summed E-state index contributed by atoms with van der Waals surface area (Å²) in [6.45, 7) is 0. The van der Waals surface area contributed by atoms with Crippen molar-refractivity contribution in [2.24, 2.45) is 11.1 Å². The highest BCUT2D eigenvalue weighted by molar-refractivity contribution is 6.14. The Morgan fingerprint density at radius 3 is 2.52 bits per heavy atom. The molecule has 0 spiro atoms. The predicted molar refractivity (Wildman–Crippen MR) is 118 cm³/mol. The first-order chi connectivity index (χ1) is 15.8. The molecule has 5 rings (SSSR count). The molecule has 8 nitrogen and oxygen atoms in total. The molecule has 0 aliphatic heterocycles. The van der Waals surface area contributed by atoms with Crippen LogP contribution >= 0.6 is 0 Å². The third-order valence-corrected chi connectivity index (χ3v) is 6.18. The van der Waals surface area contributed by atoms with Crippen LogP contribution in [0.1, 0.15) is 25.7 Å². The number of aromatic hydroxyl groups is 1. The van der Waals surface area contributed by atoms with Crippen molar-refractivity contribution in [3.63, 3.8) is 0 Å². The Morgan fingerprint density at radius 2 is 1.91 bits per heavy atom. The molecule has 9 heteroatoms. The van der Waals surface area contributed by atoms with Gasteiger partial charge in [0, 0.05) is 35.4 Å². The number of amides is 2. The minimum atomic E-state index is -1.17. The number of ether oxygens (including phenoxy) is 2. The number of pyridine rings is 1. The minimum absolute atomic E-state index is 0.0440. The average Bonchev–Trinajstić information content (AvgIpc) is 3.69. The molecule has 0 saturated heterocycles. The van der Waals surface area contributed by atoms with Crippen LogP contribution in [0.3, 0.4) is 0 Å². The number of benzene rings is 2. The molecule has 3 N–H and O–H groups in total. The van der Waals surface area contributed by atoms with Gasteiger partial charge in [0.1, 0.15) is 11.2 Å². The lowest BCUT2D eigenvalue weighted by Gasteiger charge is -2.26. The number of nitrogens with two attached hydrogens (primary N) is 1. The van der Waals surface area contributed by atoms with Crippen molar-refractivity contribution in [2.45, 2.75) is 31.7 Å². The summed E-state index contributed by atoms with van der Waals surface area (Å²) < 4.78 is 26.1. The van der Waals surface area contributed by atoms with Gasteiger partial charge in [-0.25, -0.2) is 4.39 Å². The van der Waals surface area contributed by atoms with Gasteiger partial charge in [0.25, 0.3) is 0 Å². The second-order valence-corrected chi connectivity index (χ2v) is 8.42. The molecule has 170 valence electrons. The maximum absolute atomic E-state index is 15.1. The van der Waals surface area contributed by atoms with Crippen LogP contribution in [-0.4, -0.2) is 35.1 Å². The SMILES string of the molecule is COc1cc2c(Oc3ccc(N(C(=O)C4(C(N)=O)CC4)C4CC4)cc3F)ccnc2cc1O. The summed E-state index contributed by atoms with van der Waals surface area (Å²) in [5.74, 6) is -1.21. The number of aromatic nitrogens is 1. The third-order valence-electron chi connectivity index (χ3n) is 6.18. The first-order valence-electron chi connectivity index (χ1n) is 10.6. The monoisotopic (exact) mass is 451 g/mol. The zero-order chi connectivity index (χ0) is 23.3. The Hall–Kier alpha value is -3.88. The maximum atomic E-state index is 15.1. The summed E-state index contributed by atoms with van der Waals surface area (Å²) in [5, 5.41) is 10.5. The van der Waals surface area contributed by atoms with Gasteiger partial charge in [0.05, 0.1) is 12.6 Å². The zero-order valence-corrected chi connectivity index (χ0v) is 17.9. The van der Waals surface area contributed by atoms with Crippen LogP contribution in [0.15, 0.2) is 42.6 Å². The van der Waals surface area contributed by atoms with Gasteiger partial charge in [0.2, 0.25) is 11.8 Å². The van der Waals surface area contributed by atoms with Gasteiger partial charge in [-0.3, -0.25) is 14.6 Å². The largest absolute Gasteiger partial charge is 0.504 e. The molecule has 0 atom stereocenters. The van der Waals surface area contributed by atoms with Gasteiger partial charge >= 0.3 is 0 Å². The molecular formula is C24H22FN3O5. The highest BCUT2D eigenvalue weighted by Gasteiger charge is 2.58. The molecule has 2 aliphatic rings. The number of fused-ring (bicyclic) bond motifs is 1. The van der Waals surface area contributed by atoms with Crippen molar-refractivity contribution in [3.05, 3.63) is 48.4 Å². The van der Waals surface area contributed by atoms with E-state index in [1.165, 1.54) is 36.4 Å². The molecular weight excluding hydrogens is 429 g/mol. The van der Waals surface area contributed by atoms with Gasteiger partial charge in [-0.1, -0.05) is 0 Å². The van der Waals surface area contributed by atoms with Crippen LogP contribution in [0.2, 0.25) is 0 Å². The number of primary amides is 1. The van der Waals surface area contributed by atoms with E-state index in [0.717, 1.165) is 12.8 Å². The second kappa shape index (κ2) is 7.61. The lowest BCUT2D eigenvalue weighted by molar-refractivity contribution is -0.133. The summed E-state index contributed by atoms with van der Waals surface area (Å²) >= 11 is 0. The Balaban J connectivity index is 1.46. The molecule has 2 amide bonds. The molecule has 0 radical (unpaired) electrons. The number of carbonyl (C=O) groups is 2. The summed E-state index contributed by atoms with van der Waals surface area (Å²) in [5.41, 5.74) is 5.12. The topological polar surface area (TPSA) is 115 Å². The second-order valence-electron chi connectivity index (χ2n) is 8.42. The van der Waals surface area contributed by atoms with Crippen LogP contribution in [-0.2, 0) is 9.59 Å². The normalized spacial score (nSPS) is 16.3. The minimum Gasteiger partial charge on any atom is -0.504 e. The summed E-state index contributed by atoms with van der Waals surface area (Å²) in [4.78, 5) is 30.7. The van der Waals surface area contributed by atoms with Crippen molar-refractivity contribution in [3.8, 4) is 23.0 Å². The van der Waals surface area contributed by atoms with E-state index in [4.69, 9.17) is 15.2 Å². The molecule has 2 saturated carbocycles. The first-order valence-corrected chi connectivity index (χ1v) is 10.6. The standard InChI is InChI=1S/C24H22FN3O5/c1-32-21-11-15-17(12-18(21)29)27-9-6-19(15)33-20-5-4-14(10-16(20)25)28(13-2-3-13)23(31)24(7-8-24)22(26)30/h4-6,9-13,29H,2-3,7-8H2,1H3,(H2,26,30). The zero-order valence-electron chi connectivity index (χ0n) is 17.9. The number of phenols is 1. The third kappa shape index (κ3) is 3.59. The number of carbonyl (C=O) groups excluding carboxylic acids is 2. The summed E-state index contributed by atoms with van der Waals surface area (Å²) in [6.07, 6.45) is 3.91. The first kappa shape index (κ1) is 21.0. The van der Waals surface area contributed by atoms with Gasteiger partial charge in [0.15, 0.2) is 23.1 Å². The van der Waals surface area contributed by atoms with E-state index in [-0.39, 0.29) is 29.2 Å². The van der Waals surface area contributed by atoms with Crippen LogP contribution < -0.4 is 20.1 Å². The number of nitrogens with zero attached hydrogens (tertiary/aromatic N) is 2. The van der Waals surface area contributed by atoms with Crippen LogP contribution in [0, 0.1) is 11.2 Å². The molecule has 2 aromatic carbocycles. The smallest absolute Gasteiger partial charge is 0.242 e. The van der Waals surface area contributed by atoms with Gasteiger partial charge in [-0.15, -0.1) is 0 Å². The van der Waals surface area contributed by atoms with E-state index >= 15 is 4.39 Å². The van der Waals surface area contributed by atoms with Crippen LogP contribution in [0.25, 0.3) is 10.9 Å². The average molecular weight is 451 g/mol. The van der Waals surface area contributed by atoms with Crippen molar-refractivity contribution in [1.82, 2.24) is 4.98 Å². The molecule has 3 aromatic rings. The van der Waals surface area contributed by atoms with Crippen molar-refractivity contribution < 1.29 is 28.6 Å². The molecule has 2 fully saturated rings. The number of halogens is 1. The van der Waals surface area contributed by atoms with E-state index in [0.29, 0.717) is 35.2 Å². The number of hydrogen-bond donors (Lipinski definition) is 2. The van der Waals surface area contributed by atoms with Crippen molar-refractivity contribution >= 4 is 28.4 Å². The number of phenolic OH excluding ortho intramolecular Hbond substituents is 1.